The van der Waals surface area contributed by atoms with E-state index in [4.69, 9.17) is 16.3 Å². The summed E-state index contributed by atoms with van der Waals surface area (Å²) in [5.74, 6) is -2.90. The SMILES string of the molecule is [2H]C1=C([2H])[C@@]2(C)C(=CC1=O)C([2H])([2H])C[C@@H]1[C@@H]2[C@@H](O)C[C@@]2(C)[C@H]1C[C@H]1OC([2H])(CCC)O[C@]12C(=O)CO. The van der Waals surface area contributed by atoms with Crippen molar-refractivity contribution in [1.29, 1.82) is 0 Å². The topological polar surface area (TPSA) is 93.1 Å². The van der Waals surface area contributed by atoms with Gasteiger partial charge < -0.3 is 19.7 Å². The van der Waals surface area contributed by atoms with Crippen LogP contribution in [0.5, 0.6) is 0 Å². The van der Waals surface area contributed by atoms with Gasteiger partial charge in [0.15, 0.2) is 23.4 Å². The zero-order valence-corrected chi connectivity index (χ0v) is 18.2. The minimum atomic E-state index is -1.98. The molecule has 2 N–H and O–H groups in total. The van der Waals surface area contributed by atoms with E-state index in [0.29, 0.717) is 6.42 Å². The molecule has 1 unspecified atom stereocenters. The number of Topliss-reactive ketones (excluding diaryl/α,β-unsaturated/α-hetero) is 1. The maximum Gasteiger partial charge on any atom is 0.193 e. The molecule has 3 saturated carbocycles. The average molecular weight is 436 g/mol. The lowest BCUT2D eigenvalue weighted by Crippen LogP contribution is -2.63. The van der Waals surface area contributed by atoms with E-state index >= 15 is 0 Å². The zero-order chi connectivity index (χ0) is 26.6. The molecular weight excluding hydrogens is 396 g/mol. The van der Waals surface area contributed by atoms with Crippen LogP contribution in [0.3, 0.4) is 0 Å². The first-order chi connectivity index (χ1) is 16.6. The average Bonchev–Trinajstić information content (AvgIpc) is 3.21. The van der Waals surface area contributed by atoms with Crippen LogP contribution in [0.25, 0.3) is 0 Å². The van der Waals surface area contributed by atoms with Crippen LogP contribution in [0.4, 0.5) is 0 Å². The number of carbonyl (C=O) groups is 2. The van der Waals surface area contributed by atoms with Crippen LogP contribution >= 0.6 is 0 Å². The molecule has 0 spiro atoms. The molecule has 5 aliphatic rings. The van der Waals surface area contributed by atoms with Crippen LogP contribution in [-0.2, 0) is 19.1 Å². The molecule has 31 heavy (non-hydrogen) atoms. The first kappa shape index (κ1) is 16.3. The Morgan fingerprint density at radius 2 is 2.23 bits per heavy atom. The molecule has 6 heteroatoms. The molecule has 0 bridgehead atoms. The standard InChI is InChI=1S/C25H34O6/c1-4-5-21-30-20-11-17-16-7-6-14-10-15(27)8-9-23(14,2)22(16)18(28)12-24(17,3)25(20,31-21)19(29)13-26/h8-10,16-18,20-22,26,28H,4-7,11-13H2,1-3H3/t16-,17-,18-,20+,21?,22+,23-,24-,25+/m0/s1/i6D2,8D,9D,21D. The van der Waals surface area contributed by atoms with Gasteiger partial charge in [0.25, 0.3) is 0 Å². The fourth-order valence-corrected chi connectivity index (χ4v) is 7.39. The summed E-state index contributed by atoms with van der Waals surface area (Å²) in [5, 5.41) is 21.6. The molecule has 4 aliphatic carbocycles. The van der Waals surface area contributed by atoms with Gasteiger partial charge in [0.1, 0.15) is 6.61 Å². The van der Waals surface area contributed by atoms with Crippen molar-refractivity contribution in [2.24, 2.45) is 28.6 Å². The van der Waals surface area contributed by atoms with Crippen LogP contribution in [-0.4, -0.2) is 52.5 Å². The summed E-state index contributed by atoms with van der Waals surface area (Å²) in [7, 11) is 0. The molecule has 0 aromatic rings. The molecule has 5 rings (SSSR count). The lowest BCUT2D eigenvalue weighted by molar-refractivity contribution is -0.200. The minimum Gasteiger partial charge on any atom is -0.393 e. The number of rotatable bonds is 4. The Labute approximate surface area is 190 Å². The second-order valence-corrected chi connectivity index (χ2v) is 10.1. The lowest BCUT2D eigenvalue weighted by Gasteiger charge is -2.59. The Bertz CT molecular complexity index is 1090. The van der Waals surface area contributed by atoms with E-state index in [1.54, 1.807) is 13.8 Å². The number of hydrogen-bond donors (Lipinski definition) is 2. The number of ketones is 2. The van der Waals surface area contributed by atoms with E-state index in [-0.39, 0.29) is 43.2 Å². The second kappa shape index (κ2) is 7.08. The predicted octanol–water partition coefficient (Wildman–Crippen LogP) is 2.72. The van der Waals surface area contributed by atoms with Crippen molar-refractivity contribution in [3.8, 4) is 0 Å². The molecule has 0 amide bonds. The van der Waals surface area contributed by atoms with E-state index in [0.717, 1.165) is 6.08 Å². The lowest BCUT2D eigenvalue weighted by atomic mass is 9.46. The highest BCUT2D eigenvalue weighted by atomic mass is 16.7. The molecule has 4 fully saturated rings. The summed E-state index contributed by atoms with van der Waals surface area (Å²) in [6, 6.07) is -0.801. The number of aliphatic hydroxyl groups is 2. The Morgan fingerprint density at radius 1 is 1.45 bits per heavy atom. The van der Waals surface area contributed by atoms with E-state index in [9.17, 15) is 19.8 Å². The van der Waals surface area contributed by atoms with Gasteiger partial charge in [0.2, 0.25) is 0 Å². The molecule has 0 aromatic heterocycles. The van der Waals surface area contributed by atoms with E-state index in [2.05, 4.69) is 0 Å². The highest BCUT2D eigenvalue weighted by molar-refractivity contribution is 6.01. The number of aliphatic hydroxyl groups excluding tert-OH is 2. The molecule has 0 radical (unpaired) electrons. The van der Waals surface area contributed by atoms with Gasteiger partial charge in [-0.25, -0.2) is 0 Å². The minimum absolute atomic E-state index is 0.0403. The molecule has 1 saturated heterocycles. The van der Waals surface area contributed by atoms with Gasteiger partial charge in [-0.3, -0.25) is 9.59 Å². The molecule has 1 aliphatic heterocycles. The van der Waals surface area contributed by atoms with Gasteiger partial charge in [-0.05, 0) is 56.0 Å². The largest absolute Gasteiger partial charge is 0.393 e. The van der Waals surface area contributed by atoms with Crippen LogP contribution in [0.1, 0.15) is 66.1 Å². The molecule has 0 aromatic carbocycles. The summed E-state index contributed by atoms with van der Waals surface area (Å²) in [6.07, 6.45) is -3.49. The summed E-state index contributed by atoms with van der Waals surface area (Å²) in [4.78, 5) is 25.8. The third kappa shape index (κ3) is 2.65. The number of fused-ring (bicyclic) bond motifs is 7. The molecule has 9 atom stereocenters. The highest BCUT2D eigenvalue weighted by Gasteiger charge is 2.75. The fourth-order valence-electron chi connectivity index (χ4n) is 7.39. The second-order valence-electron chi connectivity index (χ2n) is 10.1. The maximum atomic E-state index is 13.4. The highest BCUT2D eigenvalue weighted by Crippen LogP contribution is 2.69. The smallest absolute Gasteiger partial charge is 0.193 e. The van der Waals surface area contributed by atoms with Crippen LogP contribution in [0.2, 0.25) is 0 Å². The van der Waals surface area contributed by atoms with Crippen molar-refractivity contribution >= 4 is 11.6 Å². The van der Waals surface area contributed by atoms with E-state index in [1.165, 1.54) is 0 Å². The Morgan fingerprint density at radius 3 is 2.94 bits per heavy atom. The number of ether oxygens (including phenoxy) is 2. The summed E-state index contributed by atoms with van der Waals surface area (Å²) in [5.41, 5.74) is -3.98. The van der Waals surface area contributed by atoms with Crippen LogP contribution in [0, 0.1) is 28.6 Å². The van der Waals surface area contributed by atoms with Crippen molar-refractivity contribution in [1.82, 2.24) is 0 Å². The van der Waals surface area contributed by atoms with Gasteiger partial charge in [-0.2, -0.15) is 0 Å². The summed E-state index contributed by atoms with van der Waals surface area (Å²) >= 11 is 0. The molecule has 6 nitrogen and oxygen atoms in total. The first-order valence-electron chi connectivity index (χ1n) is 13.8. The molecular formula is C25H34O6. The number of hydrogen-bond acceptors (Lipinski definition) is 6. The van der Waals surface area contributed by atoms with Crippen molar-refractivity contribution in [2.75, 3.05) is 6.61 Å². The Balaban J connectivity index is 1.65. The summed E-state index contributed by atoms with van der Waals surface area (Å²) in [6.45, 7) is 4.49. The van der Waals surface area contributed by atoms with Gasteiger partial charge >= 0.3 is 0 Å². The normalized spacial score (nSPS) is 57.3. The van der Waals surface area contributed by atoms with Gasteiger partial charge in [0.05, 0.1) is 16.3 Å². The van der Waals surface area contributed by atoms with Crippen molar-refractivity contribution in [3.05, 3.63) is 23.8 Å². The predicted molar refractivity (Wildman–Crippen MR) is 113 cm³/mol. The Kier molecular flexibility index (Phi) is 3.72. The third-order valence-electron chi connectivity index (χ3n) is 8.65. The maximum absolute atomic E-state index is 13.4. The zero-order valence-electron chi connectivity index (χ0n) is 23.2. The quantitative estimate of drug-likeness (QED) is 0.705. The van der Waals surface area contributed by atoms with Gasteiger partial charge in [-0.1, -0.05) is 38.8 Å². The summed E-state index contributed by atoms with van der Waals surface area (Å²) < 4.78 is 55.6. The van der Waals surface area contributed by atoms with Gasteiger partial charge in [-0.15, -0.1) is 0 Å². The first-order valence-corrected chi connectivity index (χ1v) is 11.3. The van der Waals surface area contributed by atoms with Crippen molar-refractivity contribution in [2.45, 2.75) is 83.3 Å². The number of carbonyl (C=O) groups excluding carboxylic acids is 2. The van der Waals surface area contributed by atoms with Gasteiger partial charge in [0, 0.05) is 19.5 Å². The number of allylic oxidation sites excluding steroid dienone is 4. The monoisotopic (exact) mass is 435 g/mol. The third-order valence-corrected chi connectivity index (χ3v) is 8.65. The van der Waals surface area contributed by atoms with E-state index in [1.807, 2.05) is 6.92 Å². The fraction of sp³-hybridized carbons (Fsp3) is 0.760. The van der Waals surface area contributed by atoms with Crippen LogP contribution in [0.15, 0.2) is 23.8 Å². The van der Waals surface area contributed by atoms with Crippen molar-refractivity contribution in [3.63, 3.8) is 0 Å². The van der Waals surface area contributed by atoms with Crippen LogP contribution < -0.4 is 0 Å². The van der Waals surface area contributed by atoms with Crippen molar-refractivity contribution < 1.29 is 36.1 Å². The van der Waals surface area contributed by atoms with E-state index < -0.39 is 77.3 Å². The Hall–Kier alpha value is -1.34. The molecule has 170 valence electrons. The molecule has 1 heterocycles.